The average molecular weight is 448 g/mol. The molecule has 2 aromatic rings. The van der Waals surface area contributed by atoms with Gasteiger partial charge < -0.3 is 19.9 Å². The van der Waals surface area contributed by atoms with Gasteiger partial charge in [0, 0.05) is 57.7 Å². The number of carbonyl (C=O) groups is 2. The van der Waals surface area contributed by atoms with Crippen LogP contribution in [0.25, 0.3) is 0 Å². The Hall–Kier alpha value is -3.14. The SMILES string of the molecule is O=C(NCC1CCCO1)c1cccnc1N1CCN(C(=O)c2c(F)cc(F)cc2F)CC1. The summed E-state index contributed by atoms with van der Waals surface area (Å²) in [6.45, 7) is 2.10. The fourth-order valence-electron chi connectivity index (χ4n) is 3.96. The van der Waals surface area contributed by atoms with Crippen LogP contribution in [0.1, 0.15) is 33.6 Å². The standard InChI is InChI=1S/C22H23F3N4O3/c23-14-11-17(24)19(18(25)12-14)22(31)29-8-6-28(7-9-29)20-16(4-1-5-26-20)21(30)27-13-15-3-2-10-32-15/h1,4-5,11-12,15H,2-3,6-10,13H2,(H,27,30). The molecule has 1 atom stereocenters. The molecule has 1 aromatic heterocycles. The summed E-state index contributed by atoms with van der Waals surface area (Å²) in [4.78, 5) is 32.8. The summed E-state index contributed by atoms with van der Waals surface area (Å²) in [5, 5.41) is 2.88. The van der Waals surface area contributed by atoms with Crippen molar-refractivity contribution in [1.82, 2.24) is 15.2 Å². The highest BCUT2D eigenvalue weighted by Gasteiger charge is 2.29. The van der Waals surface area contributed by atoms with Gasteiger partial charge in [0.1, 0.15) is 28.8 Å². The molecule has 2 amide bonds. The number of hydrogen-bond acceptors (Lipinski definition) is 5. The van der Waals surface area contributed by atoms with Gasteiger partial charge in [-0.3, -0.25) is 9.59 Å². The molecule has 1 N–H and O–H groups in total. The molecule has 1 unspecified atom stereocenters. The molecule has 0 saturated carbocycles. The molecule has 1 aromatic carbocycles. The summed E-state index contributed by atoms with van der Waals surface area (Å²) in [5.41, 5.74) is -0.368. The van der Waals surface area contributed by atoms with E-state index in [0.29, 0.717) is 49.8 Å². The number of pyridine rings is 1. The summed E-state index contributed by atoms with van der Waals surface area (Å²) in [7, 11) is 0. The van der Waals surface area contributed by atoms with Crippen molar-refractivity contribution in [2.75, 3.05) is 44.2 Å². The number of piperazine rings is 1. The number of halogens is 3. The first-order valence-electron chi connectivity index (χ1n) is 10.5. The van der Waals surface area contributed by atoms with Crippen LogP contribution in [0, 0.1) is 17.5 Å². The maximum atomic E-state index is 14.0. The third-order valence-corrected chi connectivity index (χ3v) is 5.63. The Labute approximate surface area is 183 Å². The summed E-state index contributed by atoms with van der Waals surface area (Å²) in [6, 6.07) is 4.32. The largest absolute Gasteiger partial charge is 0.376 e. The fourth-order valence-corrected chi connectivity index (χ4v) is 3.96. The Morgan fingerprint density at radius 3 is 2.50 bits per heavy atom. The van der Waals surface area contributed by atoms with Crippen molar-refractivity contribution in [2.24, 2.45) is 0 Å². The van der Waals surface area contributed by atoms with Gasteiger partial charge in [0.15, 0.2) is 0 Å². The van der Waals surface area contributed by atoms with Gasteiger partial charge in [0.25, 0.3) is 11.8 Å². The Balaban J connectivity index is 1.41. The molecule has 2 saturated heterocycles. The van der Waals surface area contributed by atoms with Crippen molar-refractivity contribution in [1.29, 1.82) is 0 Å². The fraction of sp³-hybridized carbons (Fsp3) is 0.409. The van der Waals surface area contributed by atoms with E-state index in [4.69, 9.17) is 4.74 Å². The number of aromatic nitrogens is 1. The Morgan fingerprint density at radius 1 is 1.12 bits per heavy atom. The highest BCUT2D eigenvalue weighted by molar-refractivity contribution is 5.99. The summed E-state index contributed by atoms with van der Waals surface area (Å²) < 4.78 is 46.6. The number of carbonyl (C=O) groups excluding carboxylic acids is 2. The van der Waals surface area contributed by atoms with E-state index >= 15 is 0 Å². The number of benzene rings is 1. The van der Waals surface area contributed by atoms with Gasteiger partial charge in [-0.05, 0) is 25.0 Å². The number of nitrogens with zero attached hydrogens (tertiary/aromatic N) is 3. The van der Waals surface area contributed by atoms with Crippen molar-refractivity contribution in [2.45, 2.75) is 18.9 Å². The molecule has 0 bridgehead atoms. The lowest BCUT2D eigenvalue weighted by molar-refractivity contribution is 0.0735. The lowest BCUT2D eigenvalue weighted by Gasteiger charge is -2.36. The molecule has 4 rings (SSSR count). The molecule has 32 heavy (non-hydrogen) atoms. The number of rotatable bonds is 5. The predicted octanol–water partition coefficient (Wildman–Crippen LogP) is 2.37. The third-order valence-electron chi connectivity index (χ3n) is 5.63. The van der Waals surface area contributed by atoms with Crippen LogP contribution in [0.5, 0.6) is 0 Å². The minimum Gasteiger partial charge on any atom is -0.376 e. The minimum absolute atomic E-state index is 0.0147. The number of amides is 2. The van der Waals surface area contributed by atoms with E-state index in [1.807, 2.05) is 4.90 Å². The molecule has 0 radical (unpaired) electrons. The highest BCUT2D eigenvalue weighted by atomic mass is 19.1. The van der Waals surface area contributed by atoms with E-state index in [0.717, 1.165) is 12.8 Å². The second-order valence-electron chi connectivity index (χ2n) is 7.74. The van der Waals surface area contributed by atoms with Crippen LogP contribution >= 0.6 is 0 Å². The lowest BCUT2D eigenvalue weighted by Crippen LogP contribution is -2.50. The van der Waals surface area contributed by atoms with E-state index in [-0.39, 0.29) is 25.1 Å². The normalized spacial score (nSPS) is 18.7. The van der Waals surface area contributed by atoms with Crippen LogP contribution in [0.15, 0.2) is 30.5 Å². The molecule has 2 aliphatic heterocycles. The van der Waals surface area contributed by atoms with Crippen LogP contribution in [-0.2, 0) is 4.74 Å². The quantitative estimate of drug-likeness (QED) is 0.760. The molecule has 7 nitrogen and oxygen atoms in total. The van der Waals surface area contributed by atoms with E-state index < -0.39 is 28.9 Å². The number of anilines is 1. The Bertz CT molecular complexity index is 983. The van der Waals surface area contributed by atoms with E-state index in [2.05, 4.69) is 10.3 Å². The van der Waals surface area contributed by atoms with Gasteiger partial charge in [-0.15, -0.1) is 0 Å². The van der Waals surface area contributed by atoms with Crippen molar-refractivity contribution >= 4 is 17.6 Å². The van der Waals surface area contributed by atoms with Gasteiger partial charge >= 0.3 is 0 Å². The van der Waals surface area contributed by atoms with Crippen molar-refractivity contribution in [3.8, 4) is 0 Å². The zero-order valence-corrected chi connectivity index (χ0v) is 17.3. The molecule has 170 valence electrons. The van der Waals surface area contributed by atoms with E-state index in [1.165, 1.54) is 4.90 Å². The van der Waals surface area contributed by atoms with Gasteiger partial charge in [0.05, 0.1) is 11.7 Å². The van der Waals surface area contributed by atoms with Crippen LogP contribution < -0.4 is 10.2 Å². The number of ether oxygens (including phenoxy) is 1. The first-order valence-corrected chi connectivity index (χ1v) is 10.5. The van der Waals surface area contributed by atoms with E-state index in [1.54, 1.807) is 18.3 Å². The van der Waals surface area contributed by atoms with Crippen LogP contribution in [0.2, 0.25) is 0 Å². The van der Waals surface area contributed by atoms with Crippen molar-refractivity contribution < 1.29 is 27.5 Å². The first kappa shape index (κ1) is 22.1. The molecule has 2 aliphatic rings. The van der Waals surface area contributed by atoms with Gasteiger partial charge in [-0.25, -0.2) is 18.2 Å². The van der Waals surface area contributed by atoms with Gasteiger partial charge in [-0.2, -0.15) is 0 Å². The maximum Gasteiger partial charge on any atom is 0.259 e. The second kappa shape index (κ2) is 9.56. The number of hydrogen-bond donors (Lipinski definition) is 1. The van der Waals surface area contributed by atoms with Gasteiger partial charge in [-0.1, -0.05) is 0 Å². The Morgan fingerprint density at radius 2 is 1.84 bits per heavy atom. The molecule has 0 aliphatic carbocycles. The summed E-state index contributed by atoms with van der Waals surface area (Å²) in [6.07, 6.45) is 3.48. The average Bonchev–Trinajstić information content (AvgIpc) is 3.30. The Kier molecular flexibility index (Phi) is 6.59. The second-order valence-corrected chi connectivity index (χ2v) is 7.74. The first-order chi connectivity index (χ1) is 15.4. The summed E-state index contributed by atoms with van der Waals surface area (Å²) in [5.74, 6) is -4.17. The van der Waals surface area contributed by atoms with Gasteiger partial charge in [0.2, 0.25) is 0 Å². The van der Waals surface area contributed by atoms with Crippen LogP contribution in [-0.4, -0.2) is 67.1 Å². The minimum atomic E-state index is -1.23. The van der Waals surface area contributed by atoms with Crippen molar-refractivity contribution in [3.05, 3.63) is 59.0 Å². The topological polar surface area (TPSA) is 74.8 Å². The molecular formula is C22H23F3N4O3. The lowest BCUT2D eigenvalue weighted by atomic mass is 10.1. The molecule has 3 heterocycles. The monoisotopic (exact) mass is 448 g/mol. The van der Waals surface area contributed by atoms with E-state index in [9.17, 15) is 22.8 Å². The van der Waals surface area contributed by atoms with Crippen molar-refractivity contribution in [3.63, 3.8) is 0 Å². The summed E-state index contributed by atoms with van der Waals surface area (Å²) >= 11 is 0. The number of nitrogens with one attached hydrogen (secondary N) is 1. The maximum absolute atomic E-state index is 14.0. The highest BCUT2D eigenvalue weighted by Crippen LogP contribution is 2.22. The predicted molar refractivity (Wildman–Crippen MR) is 110 cm³/mol. The molecule has 0 spiro atoms. The van der Waals surface area contributed by atoms with Crippen LogP contribution in [0.3, 0.4) is 0 Å². The third kappa shape index (κ3) is 4.69. The molecule has 2 fully saturated rings. The molecule has 10 heteroatoms. The zero-order chi connectivity index (χ0) is 22.7. The smallest absolute Gasteiger partial charge is 0.259 e. The molecular weight excluding hydrogens is 425 g/mol. The zero-order valence-electron chi connectivity index (χ0n) is 17.3. The van der Waals surface area contributed by atoms with Crippen LogP contribution in [0.4, 0.5) is 19.0 Å².